The molecule has 3 fully saturated rings. The zero-order valence-electron chi connectivity index (χ0n) is 30.4. The molecule has 5 aliphatic rings. The van der Waals surface area contributed by atoms with E-state index in [0.717, 1.165) is 74.4 Å². The van der Waals surface area contributed by atoms with E-state index in [1.165, 1.54) is 39.4 Å². The summed E-state index contributed by atoms with van der Waals surface area (Å²) < 4.78 is 15.2. The number of carbonyl (C=O) groups excluding carboxylic acids is 3. The molecule has 11 nitrogen and oxygen atoms in total. The topological polar surface area (TPSA) is 114 Å². The number of halogens is 1. The lowest BCUT2D eigenvalue weighted by Gasteiger charge is -2.52. The van der Waals surface area contributed by atoms with Crippen molar-refractivity contribution in [3.8, 4) is 0 Å². The first-order valence-electron chi connectivity index (χ1n) is 18.9. The quantitative estimate of drug-likeness (QED) is 0.296. The predicted octanol–water partition coefficient (Wildman–Crippen LogP) is 5.14. The average molecular weight is 719 g/mol. The van der Waals surface area contributed by atoms with E-state index in [1.807, 2.05) is 26.1 Å². The maximum absolute atomic E-state index is 14.7. The molecule has 1 unspecified atom stereocenters. The molecule has 4 amide bonds. The summed E-state index contributed by atoms with van der Waals surface area (Å²) in [4.78, 5) is 52.1. The van der Waals surface area contributed by atoms with Crippen molar-refractivity contribution in [2.24, 2.45) is 0 Å². The highest BCUT2D eigenvalue weighted by Gasteiger charge is 2.54. The molecule has 1 atom stereocenters. The second kappa shape index (κ2) is 14.4. The van der Waals surface area contributed by atoms with Crippen LogP contribution in [0.3, 0.4) is 0 Å². The number of carbonyl (C=O) groups is 3. The second-order valence-electron chi connectivity index (χ2n) is 15.0. The summed E-state index contributed by atoms with van der Waals surface area (Å²) in [7, 11) is 0. The van der Waals surface area contributed by atoms with Crippen LogP contribution in [0, 0.1) is 5.82 Å². The maximum Gasteiger partial charge on any atom is 0.333 e. The molecular weight excluding hydrogens is 672 g/mol. The van der Waals surface area contributed by atoms with Crippen LogP contribution in [0.4, 0.5) is 9.18 Å². The van der Waals surface area contributed by atoms with Crippen LogP contribution in [0.25, 0.3) is 11.2 Å². The summed E-state index contributed by atoms with van der Waals surface area (Å²) in [5.74, 6) is -1.03. The van der Waals surface area contributed by atoms with Crippen molar-refractivity contribution in [1.82, 2.24) is 40.0 Å². The number of pyridine rings is 1. The van der Waals surface area contributed by atoms with E-state index in [4.69, 9.17) is 0 Å². The number of piperazine rings is 1. The third-order valence-corrected chi connectivity index (χ3v) is 11.4. The molecule has 0 radical (unpaired) electrons. The van der Waals surface area contributed by atoms with E-state index in [1.54, 1.807) is 4.90 Å². The zero-order chi connectivity index (χ0) is 36.7. The van der Waals surface area contributed by atoms with Gasteiger partial charge in [-0.1, -0.05) is 30.3 Å². The Labute approximate surface area is 309 Å². The molecule has 3 aromatic rings. The van der Waals surface area contributed by atoms with Crippen LogP contribution in [0.1, 0.15) is 74.0 Å². The second-order valence-corrected chi connectivity index (χ2v) is 15.0. The van der Waals surface area contributed by atoms with E-state index in [9.17, 15) is 18.8 Å². The van der Waals surface area contributed by atoms with Crippen LogP contribution in [0.15, 0.2) is 90.1 Å². The molecule has 3 aliphatic heterocycles. The first kappa shape index (κ1) is 35.0. The summed E-state index contributed by atoms with van der Waals surface area (Å²) in [6, 6.07) is 10.9. The molecule has 2 saturated heterocycles. The van der Waals surface area contributed by atoms with Gasteiger partial charge in [-0.25, -0.2) is 14.2 Å². The van der Waals surface area contributed by atoms with Gasteiger partial charge in [-0.05, 0) is 105 Å². The fourth-order valence-electron chi connectivity index (χ4n) is 8.39. The van der Waals surface area contributed by atoms with Gasteiger partial charge in [-0.15, -0.1) is 0 Å². The molecule has 12 heteroatoms. The van der Waals surface area contributed by atoms with Gasteiger partial charge in [0.2, 0.25) is 0 Å². The number of aromatic nitrogens is 2. The van der Waals surface area contributed by atoms with Gasteiger partial charge >= 0.3 is 6.03 Å². The van der Waals surface area contributed by atoms with E-state index < -0.39 is 11.5 Å². The fraction of sp³-hybridized carbons (Fsp3) is 0.415. The van der Waals surface area contributed by atoms with Gasteiger partial charge in [0, 0.05) is 69.1 Å². The number of hydrogen-bond acceptors (Lipinski definition) is 7. The average Bonchev–Trinajstić information content (AvgIpc) is 3.60. The standard InChI is InChI=1S/C41H47FN8O3/c1-27-22-35-39(52)49(33-13-11-32(12-14-33)45-38(51)36-26-48-25-31(42)10-15-37(48)46-36)40(53)50(41(35,2)44-24-27)34-5-3-4-30(23-34)29-8-6-28(7-9-29)16-19-47-20-17-43-18-21-47/h5-10,15,22-26,32-33,43-44H,3-4,11-14,16-21H2,1-2H3,(H,45,51). The van der Waals surface area contributed by atoms with Crippen LogP contribution in [0.2, 0.25) is 0 Å². The van der Waals surface area contributed by atoms with E-state index in [-0.39, 0.29) is 35.6 Å². The predicted molar refractivity (Wildman–Crippen MR) is 201 cm³/mol. The van der Waals surface area contributed by atoms with Crippen molar-refractivity contribution in [3.05, 3.63) is 113 Å². The van der Waals surface area contributed by atoms with E-state index in [0.29, 0.717) is 36.9 Å². The van der Waals surface area contributed by atoms with Gasteiger partial charge in [-0.2, -0.15) is 0 Å². The summed E-state index contributed by atoms with van der Waals surface area (Å²) in [5, 5.41) is 9.89. The Morgan fingerprint density at radius 2 is 1.79 bits per heavy atom. The molecule has 1 aromatic carbocycles. The summed E-state index contributed by atoms with van der Waals surface area (Å²) in [6.45, 7) is 9.19. The monoisotopic (exact) mass is 718 g/mol. The lowest BCUT2D eigenvalue weighted by molar-refractivity contribution is -0.131. The molecule has 2 aromatic heterocycles. The van der Waals surface area contributed by atoms with Crippen LogP contribution in [-0.2, 0) is 11.2 Å². The molecule has 8 rings (SSSR count). The van der Waals surface area contributed by atoms with Gasteiger partial charge in [0.25, 0.3) is 11.8 Å². The smallest absolute Gasteiger partial charge is 0.333 e. The third kappa shape index (κ3) is 6.93. The summed E-state index contributed by atoms with van der Waals surface area (Å²) >= 11 is 0. The van der Waals surface area contributed by atoms with Crippen LogP contribution in [-0.4, -0.2) is 92.4 Å². The van der Waals surface area contributed by atoms with Crippen molar-refractivity contribution in [1.29, 1.82) is 0 Å². The lowest BCUT2D eigenvalue weighted by Crippen LogP contribution is -2.70. The van der Waals surface area contributed by atoms with Crippen molar-refractivity contribution in [3.63, 3.8) is 0 Å². The maximum atomic E-state index is 14.7. The zero-order valence-corrected chi connectivity index (χ0v) is 30.4. The van der Waals surface area contributed by atoms with E-state index in [2.05, 4.69) is 62.3 Å². The number of imidazole rings is 1. The number of dihydropyridines is 1. The number of benzene rings is 1. The number of allylic oxidation sites excluding steroid dienone is 5. The minimum atomic E-state index is -1.05. The van der Waals surface area contributed by atoms with Gasteiger partial charge in [-0.3, -0.25) is 19.4 Å². The summed E-state index contributed by atoms with van der Waals surface area (Å²) in [6.07, 6.45) is 15.7. The molecule has 3 N–H and O–H groups in total. The molecule has 2 aliphatic carbocycles. The highest BCUT2D eigenvalue weighted by atomic mass is 19.1. The van der Waals surface area contributed by atoms with Crippen molar-refractivity contribution < 1.29 is 18.8 Å². The number of amides is 4. The van der Waals surface area contributed by atoms with Crippen LogP contribution >= 0.6 is 0 Å². The lowest BCUT2D eigenvalue weighted by atomic mass is 9.85. The number of imide groups is 1. The first-order chi connectivity index (χ1) is 25.7. The van der Waals surface area contributed by atoms with Gasteiger partial charge in [0.05, 0.1) is 5.57 Å². The molecule has 0 spiro atoms. The minimum Gasteiger partial charge on any atom is -0.364 e. The Balaban J connectivity index is 0.980. The molecule has 5 heterocycles. The molecule has 1 saturated carbocycles. The Morgan fingerprint density at radius 3 is 2.57 bits per heavy atom. The number of urea groups is 1. The van der Waals surface area contributed by atoms with Gasteiger partial charge in [0.1, 0.15) is 22.8 Å². The molecule has 53 heavy (non-hydrogen) atoms. The first-order valence-corrected chi connectivity index (χ1v) is 18.9. The number of nitrogens with one attached hydrogen (secondary N) is 3. The van der Waals surface area contributed by atoms with Crippen molar-refractivity contribution in [2.75, 3.05) is 32.7 Å². The number of rotatable bonds is 8. The van der Waals surface area contributed by atoms with E-state index >= 15 is 0 Å². The highest BCUT2D eigenvalue weighted by molar-refractivity contribution is 6.10. The Kier molecular flexibility index (Phi) is 9.50. The SMILES string of the molecule is CC1=CNC2(C)C(=C1)C(=O)N(C1CCC(NC(=O)c3cn4cc(F)ccc4n3)CC1)C(=O)N2C1=CCCC(c2ccc(CCN3CCNCC3)cc2)=C1. The number of hydrogen-bond donors (Lipinski definition) is 3. The Hall–Kier alpha value is -5.07. The Bertz CT molecular complexity index is 2050. The number of fused-ring (bicyclic) bond motifs is 2. The molecular formula is C41H47FN8O3. The molecule has 0 bridgehead atoms. The summed E-state index contributed by atoms with van der Waals surface area (Å²) in [5.41, 5.74) is 5.49. The van der Waals surface area contributed by atoms with Gasteiger partial charge in [0.15, 0.2) is 0 Å². The van der Waals surface area contributed by atoms with Crippen LogP contribution < -0.4 is 16.0 Å². The molecule has 276 valence electrons. The van der Waals surface area contributed by atoms with Crippen molar-refractivity contribution >= 4 is 29.1 Å². The largest absolute Gasteiger partial charge is 0.364 e. The minimum absolute atomic E-state index is 0.141. The Morgan fingerprint density at radius 1 is 1.02 bits per heavy atom. The highest BCUT2D eigenvalue weighted by Crippen LogP contribution is 2.41. The number of nitrogens with zero attached hydrogens (tertiary/aromatic N) is 5. The normalized spacial score (nSPS) is 25.3. The third-order valence-electron chi connectivity index (χ3n) is 11.4. The van der Waals surface area contributed by atoms with Crippen molar-refractivity contribution in [2.45, 2.75) is 76.5 Å². The fourth-order valence-corrected chi connectivity index (χ4v) is 8.39. The van der Waals surface area contributed by atoms with Gasteiger partial charge < -0.3 is 25.3 Å². The van der Waals surface area contributed by atoms with Crippen LogP contribution in [0.5, 0.6) is 0 Å².